The van der Waals surface area contributed by atoms with Crippen molar-refractivity contribution in [3.63, 3.8) is 0 Å². The first-order valence-corrected chi connectivity index (χ1v) is 14.0. The van der Waals surface area contributed by atoms with Crippen molar-refractivity contribution in [2.75, 3.05) is 13.2 Å². The Balaban J connectivity index is 1.80. The van der Waals surface area contributed by atoms with Gasteiger partial charge in [-0.2, -0.15) is 4.31 Å². The van der Waals surface area contributed by atoms with Crippen LogP contribution in [0.25, 0.3) is 0 Å². The minimum absolute atomic E-state index is 0.715. The van der Waals surface area contributed by atoms with Crippen molar-refractivity contribution in [1.29, 1.82) is 0 Å². The van der Waals surface area contributed by atoms with Crippen LogP contribution in [0.4, 0.5) is 0 Å². The maximum atomic E-state index is 13.2. The van der Waals surface area contributed by atoms with Crippen LogP contribution in [0.15, 0.2) is 21.9 Å². The van der Waals surface area contributed by atoms with Gasteiger partial charge in [-0.1, -0.05) is 0 Å². The Morgan fingerprint density at radius 1 is 1.08 bits per heavy atom. The zero-order valence-electron chi connectivity index (χ0n) is 19.8. The smallest absolute Gasteiger partial charge is 0.394 e. The lowest BCUT2D eigenvalue weighted by Gasteiger charge is -2.42. The first kappa shape index (κ1) is 31.7. The molecule has 2 saturated heterocycles. The number of nitrogens with one attached hydrogen (secondary N) is 2. The van der Waals surface area contributed by atoms with E-state index in [1.165, 1.54) is 0 Å². The Morgan fingerprint density at radius 3 is 2.31 bits per heavy atom. The molecule has 0 aliphatic carbocycles. The number of nitrogens with zero attached hydrogens (tertiary/aromatic N) is 1. The van der Waals surface area contributed by atoms with Crippen molar-refractivity contribution < 1.29 is 72.1 Å². The average molecular weight is 607 g/mol. The van der Waals surface area contributed by atoms with Crippen LogP contribution in [0.3, 0.4) is 0 Å². The van der Waals surface area contributed by atoms with Gasteiger partial charge in [-0.05, 0) is 0 Å². The fraction of sp³-hybridized carbons (Fsp3) is 0.706. The molecule has 0 bridgehead atoms. The van der Waals surface area contributed by atoms with Gasteiger partial charge in [0.25, 0.3) is 5.56 Å². The molecule has 1 amide bonds. The zero-order valence-corrected chi connectivity index (χ0v) is 21.6. The highest BCUT2D eigenvalue weighted by atomic mass is 31.3. The lowest BCUT2D eigenvalue weighted by Crippen LogP contribution is -2.64. The van der Waals surface area contributed by atoms with Gasteiger partial charge in [-0.15, -0.1) is 0 Å². The molecule has 2 aliphatic rings. The first-order valence-electron chi connectivity index (χ1n) is 11.0. The van der Waals surface area contributed by atoms with Gasteiger partial charge in [0.1, 0.15) is 36.6 Å². The molecule has 3 heterocycles. The van der Waals surface area contributed by atoms with Gasteiger partial charge in [0, 0.05) is 19.2 Å². The van der Waals surface area contributed by atoms with Crippen molar-refractivity contribution in [1.82, 2.24) is 14.9 Å². The Kier molecular flexibility index (Phi) is 10.0. The van der Waals surface area contributed by atoms with Crippen LogP contribution in [-0.2, 0) is 36.8 Å². The van der Waals surface area contributed by atoms with E-state index in [9.17, 15) is 58.8 Å². The molecule has 2 aliphatic heterocycles. The van der Waals surface area contributed by atoms with Crippen LogP contribution in [0.5, 0.6) is 0 Å². The molecule has 2 fully saturated rings. The summed E-state index contributed by atoms with van der Waals surface area (Å²) < 4.78 is 49.7. The van der Waals surface area contributed by atoms with Crippen molar-refractivity contribution in [2.24, 2.45) is 0 Å². The predicted octanol–water partition coefficient (Wildman–Crippen LogP) is -4.65. The van der Waals surface area contributed by atoms with Crippen molar-refractivity contribution >= 4 is 21.6 Å². The van der Waals surface area contributed by atoms with E-state index in [1.807, 2.05) is 4.98 Å². The van der Waals surface area contributed by atoms with Crippen LogP contribution in [0.2, 0.25) is 0 Å². The number of carbonyl (C=O) groups is 1. The first-order chi connectivity index (χ1) is 18.0. The highest BCUT2D eigenvalue weighted by Gasteiger charge is 2.51. The second kappa shape index (κ2) is 12.3. The average Bonchev–Trinajstić information content (AvgIpc) is 3.09. The summed E-state index contributed by atoms with van der Waals surface area (Å²) in [5, 5.41) is 52.9. The number of rotatable bonds is 10. The van der Waals surface area contributed by atoms with E-state index in [0.29, 0.717) is 4.57 Å². The lowest BCUT2D eigenvalue weighted by atomic mass is 9.96. The summed E-state index contributed by atoms with van der Waals surface area (Å²) in [6.07, 6.45) is -13.4. The SMILES string of the molecule is CC(=O)N[C@H]1[C@@H](O)[C@H](OP(=O)(OC[C@@H]2O[C@H](n3ccc(=O)[nH]c3=O)C(O)C2O)OP(=O)(O)O)O[C@H](CO)[C@H]1O. The van der Waals surface area contributed by atoms with Gasteiger partial charge in [-0.25, -0.2) is 13.9 Å². The maximum absolute atomic E-state index is 13.2. The Labute approximate surface area is 217 Å². The summed E-state index contributed by atoms with van der Waals surface area (Å²) in [6.45, 7) is -0.937. The number of H-pyrrole nitrogens is 1. The summed E-state index contributed by atoms with van der Waals surface area (Å²) in [5.74, 6) is -0.747. The third-order valence-corrected chi connectivity index (χ3v) is 8.14. The number of carbonyl (C=O) groups excluding carboxylic acids is 1. The third-order valence-electron chi connectivity index (χ3n) is 5.55. The predicted molar refractivity (Wildman–Crippen MR) is 120 cm³/mol. The number of ether oxygens (including phenoxy) is 2. The molecule has 10 atom stereocenters. The number of aliphatic hydroxyl groups is 5. The normalized spacial score (nSPS) is 34.9. The minimum Gasteiger partial charge on any atom is -0.394 e. The Bertz CT molecular complexity index is 1230. The molecular weight excluding hydrogens is 580 g/mol. The van der Waals surface area contributed by atoms with E-state index < -0.39 is 101 Å². The number of amides is 1. The molecule has 0 saturated carbocycles. The molecule has 0 aromatic carbocycles. The van der Waals surface area contributed by atoms with Crippen LogP contribution in [-0.4, -0.2) is 113 Å². The Morgan fingerprint density at radius 2 is 1.74 bits per heavy atom. The van der Waals surface area contributed by atoms with Gasteiger partial charge in [0.15, 0.2) is 12.5 Å². The van der Waals surface area contributed by atoms with E-state index in [0.717, 1.165) is 19.2 Å². The number of aromatic amines is 1. The highest BCUT2D eigenvalue weighted by molar-refractivity contribution is 7.61. The van der Waals surface area contributed by atoms with Crippen LogP contribution < -0.4 is 16.6 Å². The number of phosphoric ester groups is 1. The molecular formula is C17H27N3O17P2. The summed E-state index contributed by atoms with van der Waals surface area (Å²) in [4.78, 5) is 55.1. The molecule has 1 aromatic rings. The maximum Gasteiger partial charge on any atom is 0.486 e. The molecule has 39 heavy (non-hydrogen) atoms. The molecule has 3 rings (SSSR count). The van der Waals surface area contributed by atoms with Gasteiger partial charge in [0.05, 0.1) is 19.3 Å². The zero-order chi connectivity index (χ0) is 29.3. The van der Waals surface area contributed by atoms with Crippen molar-refractivity contribution in [2.45, 2.75) is 62.1 Å². The summed E-state index contributed by atoms with van der Waals surface area (Å²) in [5.41, 5.74) is -1.78. The number of hydrogen-bond donors (Lipinski definition) is 9. The topological polar surface area (TPSA) is 306 Å². The lowest BCUT2D eigenvalue weighted by molar-refractivity contribution is -0.255. The Hall–Kier alpha value is -1.87. The molecule has 0 radical (unpaired) electrons. The van der Waals surface area contributed by atoms with E-state index in [4.69, 9.17) is 18.5 Å². The molecule has 1 aromatic heterocycles. The fourth-order valence-electron chi connectivity index (χ4n) is 3.80. The van der Waals surface area contributed by atoms with Crippen LogP contribution in [0.1, 0.15) is 13.2 Å². The highest BCUT2D eigenvalue weighted by Crippen LogP contribution is 2.62. The standard InChI is InChI=1S/C17H27N3O17P2/c1-6(22)18-10-11(24)7(4-21)35-16(13(10)26)36-39(32,37-38(29,30)31)33-5-8-12(25)14(27)15(34-8)20-3-2-9(23)19-17(20)28/h2-3,7-8,10-16,21,24-27H,4-5H2,1H3,(H,18,22)(H,19,23,28)(H2,29,30,31)/t7-,8+,10-,11-,12?,13-,14?,15+,16+,39?/m1/s1. The van der Waals surface area contributed by atoms with Crippen LogP contribution in [0, 0.1) is 0 Å². The number of phosphoric acid groups is 2. The molecule has 3 unspecified atom stereocenters. The van der Waals surface area contributed by atoms with Gasteiger partial charge in [0.2, 0.25) is 5.91 Å². The van der Waals surface area contributed by atoms with E-state index in [1.54, 1.807) is 0 Å². The summed E-state index contributed by atoms with van der Waals surface area (Å²) in [6, 6.07) is -0.655. The monoisotopic (exact) mass is 607 g/mol. The fourth-order valence-corrected chi connectivity index (χ4v) is 6.00. The number of hydrogen-bond acceptors (Lipinski definition) is 15. The quantitative estimate of drug-likeness (QED) is 0.113. The van der Waals surface area contributed by atoms with Crippen LogP contribution >= 0.6 is 15.6 Å². The minimum atomic E-state index is -5.66. The molecule has 0 spiro atoms. The van der Waals surface area contributed by atoms with Gasteiger partial charge < -0.3 is 50.1 Å². The molecule has 222 valence electrons. The molecule has 20 nitrogen and oxygen atoms in total. The number of aromatic nitrogens is 2. The summed E-state index contributed by atoms with van der Waals surface area (Å²) in [7, 11) is -11.1. The molecule has 22 heteroatoms. The van der Waals surface area contributed by atoms with Gasteiger partial charge in [-0.3, -0.25) is 28.2 Å². The van der Waals surface area contributed by atoms with E-state index >= 15 is 0 Å². The molecule has 9 N–H and O–H groups in total. The van der Waals surface area contributed by atoms with Crippen molar-refractivity contribution in [3.8, 4) is 0 Å². The second-order valence-electron chi connectivity index (χ2n) is 8.42. The number of aliphatic hydroxyl groups excluding tert-OH is 5. The van der Waals surface area contributed by atoms with E-state index in [-0.39, 0.29) is 0 Å². The third kappa shape index (κ3) is 7.66. The van der Waals surface area contributed by atoms with Crippen molar-refractivity contribution in [3.05, 3.63) is 33.1 Å². The van der Waals surface area contributed by atoms with E-state index in [2.05, 4.69) is 9.63 Å². The summed E-state index contributed by atoms with van der Waals surface area (Å²) >= 11 is 0. The second-order valence-corrected chi connectivity index (χ2v) is 11.4. The van der Waals surface area contributed by atoms with Gasteiger partial charge >= 0.3 is 21.3 Å². The largest absolute Gasteiger partial charge is 0.486 e.